The largest absolute Gasteiger partial charge is 0.357 e. The van der Waals surface area contributed by atoms with Crippen LogP contribution < -0.4 is 16.0 Å². The van der Waals surface area contributed by atoms with E-state index in [4.69, 9.17) is 5.73 Å². The maximum atomic E-state index is 11.9. The molecule has 0 aromatic carbocycles. The second-order valence-corrected chi connectivity index (χ2v) is 5.24. The van der Waals surface area contributed by atoms with E-state index in [2.05, 4.69) is 15.2 Å². The van der Waals surface area contributed by atoms with E-state index < -0.39 is 0 Å². The van der Waals surface area contributed by atoms with Crippen molar-refractivity contribution >= 4 is 42.2 Å². The van der Waals surface area contributed by atoms with Gasteiger partial charge in [0.05, 0.1) is 17.8 Å². The molecule has 3 N–H and O–H groups in total. The molecular weight excluding hydrogens is 311 g/mol. The topological polar surface area (TPSA) is 71.2 Å². The summed E-state index contributed by atoms with van der Waals surface area (Å²) in [6.07, 6.45) is 4.16. The lowest BCUT2D eigenvalue weighted by Crippen LogP contribution is -2.34. The number of halogens is 2. The van der Waals surface area contributed by atoms with Crippen LogP contribution in [0.15, 0.2) is 18.3 Å². The van der Waals surface area contributed by atoms with E-state index >= 15 is 0 Å². The van der Waals surface area contributed by atoms with Crippen LogP contribution in [-0.2, 0) is 4.79 Å². The van der Waals surface area contributed by atoms with Crippen molar-refractivity contribution in [1.82, 2.24) is 4.98 Å². The molecule has 2 rings (SSSR count). The molecule has 21 heavy (non-hydrogen) atoms. The maximum Gasteiger partial charge on any atom is 0.228 e. The second kappa shape index (κ2) is 9.07. The van der Waals surface area contributed by atoms with Gasteiger partial charge in [-0.2, -0.15) is 0 Å². The van der Waals surface area contributed by atoms with Crippen LogP contribution in [0.1, 0.15) is 26.7 Å². The van der Waals surface area contributed by atoms with E-state index in [0.29, 0.717) is 0 Å². The average molecular weight is 335 g/mol. The quantitative estimate of drug-likeness (QED) is 0.887. The van der Waals surface area contributed by atoms with E-state index in [9.17, 15) is 4.79 Å². The molecule has 1 aliphatic heterocycles. The number of anilines is 2. The molecule has 1 saturated heterocycles. The van der Waals surface area contributed by atoms with Gasteiger partial charge in [-0.15, -0.1) is 24.8 Å². The number of carbonyl (C=O) groups excluding carboxylic acids is 1. The van der Waals surface area contributed by atoms with E-state index in [1.165, 1.54) is 12.8 Å². The summed E-state index contributed by atoms with van der Waals surface area (Å²) in [4.78, 5) is 18.5. The van der Waals surface area contributed by atoms with Gasteiger partial charge in [-0.3, -0.25) is 4.79 Å². The number of rotatable bonds is 4. The third kappa shape index (κ3) is 5.34. The third-order valence-corrected chi connectivity index (χ3v) is 3.65. The van der Waals surface area contributed by atoms with Gasteiger partial charge in [0.1, 0.15) is 5.82 Å². The fourth-order valence-electron chi connectivity index (χ4n) is 2.09. The first-order valence-corrected chi connectivity index (χ1v) is 6.85. The number of nitrogens with two attached hydrogens (primary N) is 1. The van der Waals surface area contributed by atoms with Crippen LogP contribution in [0.5, 0.6) is 0 Å². The fourth-order valence-corrected chi connectivity index (χ4v) is 2.09. The molecule has 2 atom stereocenters. The Hall–Kier alpha value is -1.04. The van der Waals surface area contributed by atoms with E-state index in [1.807, 2.05) is 26.0 Å². The summed E-state index contributed by atoms with van der Waals surface area (Å²) in [5.41, 5.74) is 6.44. The predicted octanol–water partition coefficient (Wildman–Crippen LogP) is 2.45. The SMILES string of the molecule is CC(N)C(C)C(=O)Nc1ccc(N2CCCC2)nc1.Cl.Cl. The van der Waals surface area contributed by atoms with Crippen molar-refractivity contribution in [2.45, 2.75) is 32.7 Å². The summed E-state index contributed by atoms with van der Waals surface area (Å²) in [5, 5.41) is 2.84. The molecule has 7 heteroatoms. The first-order chi connectivity index (χ1) is 9.08. The Morgan fingerprint density at radius 3 is 2.38 bits per heavy atom. The molecule has 0 aliphatic carbocycles. The number of nitrogens with zero attached hydrogens (tertiary/aromatic N) is 2. The van der Waals surface area contributed by atoms with Crippen LogP contribution in [0.25, 0.3) is 0 Å². The van der Waals surface area contributed by atoms with Gasteiger partial charge >= 0.3 is 0 Å². The number of aromatic nitrogens is 1. The number of hydrogen-bond donors (Lipinski definition) is 2. The van der Waals surface area contributed by atoms with Gasteiger partial charge in [0.25, 0.3) is 0 Å². The summed E-state index contributed by atoms with van der Waals surface area (Å²) in [7, 11) is 0. The van der Waals surface area contributed by atoms with Gasteiger partial charge in [0, 0.05) is 19.1 Å². The number of carbonyl (C=O) groups is 1. The summed E-state index contributed by atoms with van der Waals surface area (Å²) in [5.74, 6) is 0.708. The predicted molar refractivity (Wildman–Crippen MR) is 91.6 cm³/mol. The second-order valence-electron chi connectivity index (χ2n) is 5.24. The van der Waals surface area contributed by atoms with Crippen LogP contribution in [-0.4, -0.2) is 30.0 Å². The molecule has 0 saturated carbocycles. The average Bonchev–Trinajstić information content (AvgIpc) is 2.92. The zero-order valence-corrected chi connectivity index (χ0v) is 14.0. The van der Waals surface area contributed by atoms with Crippen molar-refractivity contribution in [2.75, 3.05) is 23.3 Å². The minimum Gasteiger partial charge on any atom is -0.357 e. The van der Waals surface area contributed by atoms with Crippen molar-refractivity contribution in [3.63, 3.8) is 0 Å². The van der Waals surface area contributed by atoms with E-state index in [0.717, 1.165) is 24.6 Å². The minimum absolute atomic E-state index is 0. The Kier molecular flexibility index (Phi) is 8.63. The van der Waals surface area contributed by atoms with Crippen LogP contribution in [0.4, 0.5) is 11.5 Å². The smallest absolute Gasteiger partial charge is 0.228 e. The summed E-state index contributed by atoms with van der Waals surface area (Å²) in [6, 6.07) is 3.70. The van der Waals surface area contributed by atoms with Crippen LogP contribution in [0.3, 0.4) is 0 Å². The van der Waals surface area contributed by atoms with Crippen LogP contribution in [0, 0.1) is 5.92 Å². The van der Waals surface area contributed by atoms with Crippen LogP contribution >= 0.6 is 24.8 Å². The molecule has 1 aliphatic rings. The first-order valence-electron chi connectivity index (χ1n) is 6.85. The molecule has 1 aromatic heterocycles. The minimum atomic E-state index is -0.210. The fraction of sp³-hybridized carbons (Fsp3) is 0.571. The van der Waals surface area contributed by atoms with Gasteiger partial charge in [0.15, 0.2) is 0 Å². The molecule has 120 valence electrons. The molecule has 1 amide bonds. The van der Waals surface area contributed by atoms with Gasteiger partial charge in [0.2, 0.25) is 5.91 Å². The van der Waals surface area contributed by atoms with E-state index in [1.54, 1.807) is 6.20 Å². The highest BCUT2D eigenvalue weighted by Gasteiger charge is 2.17. The Balaban J connectivity index is 0.00000200. The Morgan fingerprint density at radius 2 is 1.90 bits per heavy atom. The zero-order chi connectivity index (χ0) is 13.8. The Morgan fingerprint density at radius 1 is 1.29 bits per heavy atom. The summed E-state index contributed by atoms with van der Waals surface area (Å²) < 4.78 is 0. The van der Waals surface area contributed by atoms with Crippen LogP contribution in [0.2, 0.25) is 0 Å². The van der Waals surface area contributed by atoms with Crippen molar-refractivity contribution in [3.8, 4) is 0 Å². The molecule has 2 unspecified atom stereocenters. The molecule has 1 aromatic rings. The van der Waals surface area contributed by atoms with Gasteiger partial charge < -0.3 is 16.0 Å². The molecule has 2 heterocycles. The number of amides is 1. The molecule has 0 bridgehead atoms. The molecule has 1 fully saturated rings. The highest BCUT2D eigenvalue weighted by atomic mass is 35.5. The lowest BCUT2D eigenvalue weighted by molar-refractivity contribution is -0.119. The van der Waals surface area contributed by atoms with Gasteiger partial charge in [-0.1, -0.05) is 6.92 Å². The highest BCUT2D eigenvalue weighted by molar-refractivity contribution is 5.92. The lowest BCUT2D eigenvalue weighted by Gasteiger charge is -2.17. The van der Waals surface area contributed by atoms with Crippen molar-refractivity contribution in [2.24, 2.45) is 11.7 Å². The molecular formula is C14H24Cl2N4O. The summed E-state index contributed by atoms with van der Waals surface area (Å²) >= 11 is 0. The Bertz CT molecular complexity index is 433. The third-order valence-electron chi connectivity index (χ3n) is 3.65. The Labute approximate surface area is 138 Å². The normalized spacial score (nSPS) is 16.4. The number of hydrogen-bond acceptors (Lipinski definition) is 4. The molecule has 0 spiro atoms. The number of nitrogens with one attached hydrogen (secondary N) is 1. The lowest BCUT2D eigenvalue weighted by atomic mass is 10.0. The van der Waals surface area contributed by atoms with Crippen molar-refractivity contribution < 1.29 is 4.79 Å². The van der Waals surface area contributed by atoms with Gasteiger partial charge in [-0.05, 0) is 31.9 Å². The molecule has 0 radical (unpaired) electrons. The standard InChI is InChI=1S/C14H22N4O.2ClH/c1-10(11(2)15)14(19)17-12-5-6-13(16-9-12)18-7-3-4-8-18;;/h5-6,9-11H,3-4,7-8,15H2,1-2H3,(H,17,19);2*1H. The number of pyridine rings is 1. The first kappa shape index (κ1) is 20.0. The van der Waals surface area contributed by atoms with E-state index in [-0.39, 0.29) is 42.7 Å². The van der Waals surface area contributed by atoms with Gasteiger partial charge in [-0.25, -0.2) is 4.98 Å². The maximum absolute atomic E-state index is 11.9. The zero-order valence-electron chi connectivity index (χ0n) is 12.4. The van der Waals surface area contributed by atoms with Crippen molar-refractivity contribution in [3.05, 3.63) is 18.3 Å². The summed E-state index contributed by atoms with van der Waals surface area (Å²) in [6.45, 7) is 5.80. The highest BCUT2D eigenvalue weighted by Crippen LogP contribution is 2.19. The monoisotopic (exact) mass is 334 g/mol. The van der Waals surface area contributed by atoms with Crippen molar-refractivity contribution in [1.29, 1.82) is 0 Å². The molecule has 5 nitrogen and oxygen atoms in total.